The second-order valence-electron chi connectivity index (χ2n) is 2.58. The Hall–Kier alpha value is -1.14. The summed E-state index contributed by atoms with van der Waals surface area (Å²) in [5, 5.41) is 8.25. The summed E-state index contributed by atoms with van der Waals surface area (Å²) in [5.41, 5.74) is -0.276. The topological polar surface area (TPSA) is 84.3 Å². The first-order valence-corrected chi connectivity index (χ1v) is 5.68. The molecule has 0 radical (unpaired) electrons. The molecule has 0 bridgehead atoms. The van der Waals surface area contributed by atoms with Crippen molar-refractivity contribution in [3.05, 3.63) is 22.8 Å². The van der Waals surface area contributed by atoms with Crippen LogP contribution in [0, 0.1) is 0 Å². The van der Waals surface area contributed by atoms with Gasteiger partial charge in [-0.1, -0.05) is 11.6 Å². The second kappa shape index (κ2) is 3.55. The average Bonchev–Trinajstić information content (AvgIpc) is 2.02. The number of carbonyl (C=O) groups is 1. The van der Waals surface area contributed by atoms with Gasteiger partial charge in [0.15, 0.2) is 14.9 Å². The van der Waals surface area contributed by atoms with Crippen LogP contribution in [0.5, 0.6) is 0 Å². The average molecular weight is 236 g/mol. The minimum Gasteiger partial charge on any atom is -0.478 e. The maximum Gasteiger partial charge on any atom is 0.337 e. The van der Waals surface area contributed by atoms with E-state index in [0.717, 1.165) is 18.5 Å². The molecular weight excluding hydrogens is 230 g/mol. The normalized spacial score (nSPS) is 11.3. The Morgan fingerprint density at radius 2 is 2.14 bits per heavy atom. The summed E-state index contributed by atoms with van der Waals surface area (Å²) in [5.74, 6) is -1.29. The molecule has 0 unspecified atom stereocenters. The number of halogens is 1. The van der Waals surface area contributed by atoms with Gasteiger partial charge in [0.1, 0.15) is 0 Å². The molecule has 0 aliphatic carbocycles. The lowest BCUT2D eigenvalue weighted by Crippen LogP contribution is -2.05. The van der Waals surface area contributed by atoms with Crippen molar-refractivity contribution in [3.63, 3.8) is 0 Å². The zero-order chi connectivity index (χ0) is 10.9. The van der Waals surface area contributed by atoms with Crippen molar-refractivity contribution in [2.24, 2.45) is 0 Å². The van der Waals surface area contributed by atoms with Crippen molar-refractivity contribution >= 4 is 27.4 Å². The van der Waals surface area contributed by atoms with Gasteiger partial charge in [-0.05, 0) is 6.07 Å². The molecule has 1 heterocycles. The van der Waals surface area contributed by atoms with Gasteiger partial charge in [-0.15, -0.1) is 0 Å². The summed E-state index contributed by atoms with van der Waals surface area (Å²) in [6.07, 6.45) is 1.94. The van der Waals surface area contributed by atoms with Crippen molar-refractivity contribution < 1.29 is 18.3 Å². The SMILES string of the molecule is CS(=O)(=O)c1cc(C(=O)O)c(Cl)cn1. The molecule has 0 saturated heterocycles. The first-order chi connectivity index (χ1) is 6.32. The fraction of sp³-hybridized carbons (Fsp3) is 0.143. The number of sulfone groups is 1. The lowest BCUT2D eigenvalue weighted by Gasteiger charge is -2.00. The number of hydrogen-bond donors (Lipinski definition) is 1. The van der Waals surface area contributed by atoms with Crippen LogP contribution in [0.25, 0.3) is 0 Å². The molecule has 0 saturated carbocycles. The van der Waals surface area contributed by atoms with E-state index in [9.17, 15) is 13.2 Å². The fourth-order valence-corrected chi connectivity index (χ4v) is 1.55. The molecule has 0 aromatic carbocycles. The molecule has 0 aliphatic heterocycles. The van der Waals surface area contributed by atoms with Gasteiger partial charge in [0.25, 0.3) is 0 Å². The smallest absolute Gasteiger partial charge is 0.337 e. The minimum absolute atomic E-state index is 0.0927. The van der Waals surface area contributed by atoms with E-state index in [1.54, 1.807) is 0 Å². The van der Waals surface area contributed by atoms with E-state index >= 15 is 0 Å². The Balaban J connectivity index is 3.42. The van der Waals surface area contributed by atoms with Crippen molar-refractivity contribution in [2.75, 3.05) is 6.26 Å². The van der Waals surface area contributed by atoms with Crippen LogP contribution in [-0.2, 0) is 9.84 Å². The molecule has 7 heteroatoms. The Labute approximate surface area is 85.3 Å². The first-order valence-electron chi connectivity index (χ1n) is 3.41. The molecule has 0 fully saturated rings. The maximum absolute atomic E-state index is 11.0. The number of carboxylic acids is 1. The summed E-state index contributed by atoms with van der Waals surface area (Å²) < 4.78 is 22.0. The molecule has 1 N–H and O–H groups in total. The Bertz CT molecular complexity index is 482. The Morgan fingerprint density at radius 3 is 2.57 bits per heavy atom. The number of aromatic carboxylic acids is 1. The van der Waals surface area contributed by atoms with Crippen LogP contribution in [-0.4, -0.2) is 30.7 Å². The predicted molar refractivity (Wildman–Crippen MR) is 49.3 cm³/mol. The second-order valence-corrected chi connectivity index (χ2v) is 4.95. The summed E-state index contributed by atoms with van der Waals surface area (Å²) in [4.78, 5) is 14.1. The maximum atomic E-state index is 11.0. The van der Waals surface area contributed by atoms with Crippen molar-refractivity contribution in [3.8, 4) is 0 Å². The number of rotatable bonds is 2. The molecule has 76 valence electrons. The quantitative estimate of drug-likeness (QED) is 0.821. The van der Waals surface area contributed by atoms with Crippen LogP contribution in [0.2, 0.25) is 5.02 Å². The largest absolute Gasteiger partial charge is 0.478 e. The van der Waals surface area contributed by atoms with Crippen molar-refractivity contribution in [1.82, 2.24) is 4.98 Å². The molecule has 0 atom stereocenters. The lowest BCUT2D eigenvalue weighted by molar-refractivity contribution is 0.0696. The predicted octanol–water partition coefficient (Wildman–Crippen LogP) is 0.837. The number of nitrogens with zero attached hydrogens (tertiary/aromatic N) is 1. The van der Waals surface area contributed by atoms with Crippen LogP contribution < -0.4 is 0 Å². The molecule has 5 nitrogen and oxygen atoms in total. The monoisotopic (exact) mass is 235 g/mol. The highest BCUT2D eigenvalue weighted by Gasteiger charge is 2.15. The first kappa shape index (κ1) is 10.9. The van der Waals surface area contributed by atoms with Crippen molar-refractivity contribution in [1.29, 1.82) is 0 Å². The minimum atomic E-state index is -3.51. The van der Waals surface area contributed by atoms with Gasteiger partial charge in [0.2, 0.25) is 0 Å². The molecule has 0 spiro atoms. The van der Waals surface area contributed by atoms with E-state index in [1.165, 1.54) is 0 Å². The summed E-state index contributed by atoms with van der Waals surface area (Å²) in [6, 6.07) is 0.931. The highest BCUT2D eigenvalue weighted by Crippen LogP contribution is 2.17. The van der Waals surface area contributed by atoms with Gasteiger partial charge in [-0.25, -0.2) is 18.2 Å². The molecule has 0 aliphatic rings. The highest BCUT2D eigenvalue weighted by atomic mass is 35.5. The zero-order valence-electron chi connectivity index (χ0n) is 7.06. The van der Waals surface area contributed by atoms with E-state index in [4.69, 9.17) is 16.7 Å². The van der Waals surface area contributed by atoms with E-state index in [1.807, 2.05) is 0 Å². The van der Waals surface area contributed by atoms with Crippen LogP contribution in [0.4, 0.5) is 0 Å². The van der Waals surface area contributed by atoms with Gasteiger partial charge in [-0.2, -0.15) is 0 Å². The summed E-state index contributed by atoms with van der Waals surface area (Å²) >= 11 is 5.50. The number of aromatic nitrogens is 1. The molecular formula is C7H6ClNO4S. The van der Waals surface area contributed by atoms with E-state index in [-0.39, 0.29) is 15.6 Å². The van der Waals surface area contributed by atoms with Crippen LogP contribution in [0.3, 0.4) is 0 Å². The number of carboxylic acid groups (broad SMARTS) is 1. The fourth-order valence-electron chi connectivity index (χ4n) is 0.786. The van der Waals surface area contributed by atoms with Gasteiger partial charge in [0, 0.05) is 12.5 Å². The van der Waals surface area contributed by atoms with Crippen LogP contribution in [0.1, 0.15) is 10.4 Å². The van der Waals surface area contributed by atoms with Gasteiger partial charge in [-0.3, -0.25) is 0 Å². The molecule has 1 aromatic rings. The highest BCUT2D eigenvalue weighted by molar-refractivity contribution is 7.90. The summed E-state index contributed by atoms with van der Waals surface area (Å²) in [7, 11) is -3.51. The lowest BCUT2D eigenvalue weighted by atomic mass is 10.3. The Kier molecular flexibility index (Phi) is 2.77. The third-order valence-electron chi connectivity index (χ3n) is 1.44. The van der Waals surface area contributed by atoms with E-state index < -0.39 is 15.8 Å². The van der Waals surface area contributed by atoms with Gasteiger partial charge < -0.3 is 5.11 Å². The molecule has 1 rings (SSSR count). The standard InChI is InChI=1S/C7H6ClNO4S/c1-14(12,13)6-2-4(7(10)11)5(8)3-9-6/h2-3H,1H3,(H,10,11). The number of hydrogen-bond acceptors (Lipinski definition) is 4. The molecule has 14 heavy (non-hydrogen) atoms. The number of pyridine rings is 1. The third-order valence-corrected chi connectivity index (χ3v) is 2.72. The molecule has 1 aromatic heterocycles. The van der Waals surface area contributed by atoms with Crippen molar-refractivity contribution in [2.45, 2.75) is 5.03 Å². The van der Waals surface area contributed by atoms with Gasteiger partial charge in [0.05, 0.1) is 10.6 Å². The van der Waals surface area contributed by atoms with E-state index in [0.29, 0.717) is 0 Å². The Morgan fingerprint density at radius 1 is 1.57 bits per heavy atom. The van der Waals surface area contributed by atoms with Crippen LogP contribution in [0.15, 0.2) is 17.3 Å². The van der Waals surface area contributed by atoms with Gasteiger partial charge >= 0.3 is 5.97 Å². The zero-order valence-corrected chi connectivity index (χ0v) is 8.63. The van der Waals surface area contributed by atoms with Crippen LogP contribution >= 0.6 is 11.6 Å². The summed E-state index contributed by atoms with van der Waals surface area (Å²) in [6.45, 7) is 0. The third kappa shape index (κ3) is 2.21. The van der Waals surface area contributed by atoms with E-state index in [2.05, 4.69) is 4.98 Å². The molecule has 0 amide bonds.